The van der Waals surface area contributed by atoms with Gasteiger partial charge in [0.2, 0.25) is 5.75 Å². The van der Waals surface area contributed by atoms with Gasteiger partial charge in [0.15, 0.2) is 6.23 Å². The molecule has 2 heterocycles. The Balaban J connectivity index is 1.85. The number of aromatic nitrogens is 2. The molecule has 1 aromatic rings. The Morgan fingerprint density at radius 3 is 2.67 bits per heavy atom. The van der Waals surface area contributed by atoms with Gasteiger partial charge < -0.3 is 14.8 Å². The van der Waals surface area contributed by atoms with Crippen LogP contribution in [0.25, 0.3) is 0 Å². The summed E-state index contributed by atoms with van der Waals surface area (Å²) in [5.41, 5.74) is 0.770. The maximum atomic E-state index is 12.9. The second-order valence-electron chi connectivity index (χ2n) is 9.02. The zero-order valence-corrected chi connectivity index (χ0v) is 17.6. The highest BCUT2D eigenvalue weighted by molar-refractivity contribution is 5.54. The summed E-state index contributed by atoms with van der Waals surface area (Å²) in [5, 5.41) is 7.98. The number of ether oxygens (including phenoxy) is 2. The molecule has 1 saturated heterocycles. The summed E-state index contributed by atoms with van der Waals surface area (Å²) >= 11 is 0. The highest BCUT2D eigenvalue weighted by Crippen LogP contribution is 2.48. The number of methoxy groups -OCH3 is 1. The van der Waals surface area contributed by atoms with Crippen LogP contribution in [0, 0.1) is 23.2 Å². The maximum Gasteiger partial charge on any atom is 0.313 e. The normalized spacial score (nSPS) is 33.5. The number of nitrogens with one attached hydrogen (secondary N) is 1. The van der Waals surface area contributed by atoms with E-state index in [9.17, 15) is 4.79 Å². The second-order valence-corrected chi connectivity index (χ2v) is 9.02. The van der Waals surface area contributed by atoms with Crippen LogP contribution in [0.3, 0.4) is 0 Å². The van der Waals surface area contributed by atoms with Crippen molar-refractivity contribution in [1.82, 2.24) is 9.78 Å². The van der Waals surface area contributed by atoms with Gasteiger partial charge in [0.05, 0.1) is 13.3 Å². The number of hydrogen-bond acceptors (Lipinski definition) is 5. The molecule has 0 amide bonds. The van der Waals surface area contributed by atoms with Crippen molar-refractivity contribution in [2.24, 2.45) is 23.2 Å². The van der Waals surface area contributed by atoms with Crippen molar-refractivity contribution in [1.29, 1.82) is 0 Å². The summed E-state index contributed by atoms with van der Waals surface area (Å²) < 4.78 is 12.6. The molecule has 6 nitrogen and oxygen atoms in total. The van der Waals surface area contributed by atoms with Crippen molar-refractivity contribution in [3.05, 3.63) is 16.6 Å². The quantitative estimate of drug-likeness (QED) is 0.857. The van der Waals surface area contributed by atoms with Gasteiger partial charge in [0.25, 0.3) is 0 Å². The standard InChI is InChI=1S/C21H35N3O3/c1-13-11-16(14(2)15(3)21(13,4)5)23-17-12-22-24(20(25)19(17)26-6)18-9-7-8-10-27-18/h12-16,18,23H,7-11H2,1-6H3/t13-,14+,15+,16+,18?/m0/s1. The lowest BCUT2D eigenvalue weighted by Gasteiger charge is -2.50. The Morgan fingerprint density at radius 2 is 2.04 bits per heavy atom. The molecule has 2 fully saturated rings. The lowest BCUT2D eigenvalue weighted by atomic mass is 9.58. The van der Waals surface area contributed by atoms with E-state index in [1.54, 1.807) is 13.3 Å². The van der Waals surface area contributed by atoms with Crippen LogP contribution < -0.4 is 15.6 Å². The Hall–Kier alpha value is -1.56. The molecule has 5 atom stereocenters. The molecule has 1 N–H and O–H groups in total. The van der Waals surface area contributed by atoms with Gasteiger partial charge in [-0.15, -0.1) is 0 Å². The van der Waals surface area contributed by atoms with Crippen LogP contribution in [0.1, 0.15) is 66.5 Å². The summed E-state index contributed by atoms with van der Waals surface area (Å²) in [6.45, 7) is 12.4. The Morgan fingerprint density at radius 1 is 1.30 bits per heavy atom. The van der Waals surface area contributed by atoms with Gasteiger partial charge in [-0.2, -0.15) is 9.78 Å². The molecule has 6 heteroatoms. The van der Waals surface area contributed by atoms with Gasteiger partial charge in [-0.3, -0.25) is 4.79 Å². The molecule has 1 aliphatic carbocycles. The Bertz CT molecular complexity index is 709. The van der Waals surface area contributed by atoms with Crippen molar-refractivity contribution >= 4 is 5.69 Å². The number of hydrogen-bond donors (Lipinski definition) is 1. The number of rotatable bonds is 4. The predicted octanol–water partition coefficient (Wildman–Crippen LogP) is 4.07. The highest BCUT2D eigenvalue weighted by Gasteiger charge is 2.43. The molecule has 27 heavy (non-hydrogen) atoms. The minimum Gasteiger partial charge on any atom is -0.490 e. The van der Waals surface area contributed by atoms with Crippen LogP contribution in [-0.4, -0.2) is 29.5 Å². The van der Waals surface area contributed by atoms with Crippen LogP contribution in [0.15, 0.2) is 11.0 Å². The van der Waals surface area contributed by atoms with Crippen molar-refractivity contribution < 1.29 is 9.47 Å². The number of anilines is 1. The van der Waals surface area contributed by atoms with E-state index in [4.69, 9.17) is 9.47 Å². The fraction of sp³-hybridized carbons (Fsp3) is 0.810. The number of nitrogens with zero attached hydrogens (tertiary/aromatic N) is 2. The molecule has 1 unspecified atom stereocenters. The third-order valence-electron chi connectivity index (χ3n) is 7.41. The summed E-state index contributed by atoms with van der Waals surface area (Å²) in [7, 11) is 1.55. The molecule has 1 aliphatic heterocycles. The zero-order chi connectivity index (χ0) is 19.8. The van der Waals surface area contributed by atoms with Crippen molar-refractivity contribution in [3.63, 3.8) is 0 Å². The molecule has 0 spiro atoms. The molecule has 3 rings (SSSR count). The molecule has 2 aliphatic rings. The first-order valence-electron chi connectivity index (χ1n) is 10.3. The third-order valence-corrected chi connectivity index (χ3v) is 7.41. The topological polar surface area (TPSA) is 65.4 Å². The molecular weight excluding hydrogens is 342 g/mol. The van der Waals surface area contributed by atoms with E-state index in [0.29, 0.717) is 47.3 Å². The summed E-state index contributed by atoms with van der Waals surface area (Å²) in [5.74, 6) is 1.99. The largest absolute Gasteiger partial charge is 0.490 e. The minimum atomic E-state index is -0.288. The van der Waals surface area contributed by atoms with E-state index < -0.39 is 0 Å². The molecule has 0 bridgehead atoms. The van der Waals surface area contributed by atoms with E-state index in [1.165, 1.54) is 4.68 Å². The lowest BCUT2D eigenvalue weighted by molar-refractivity contribution is -0.0428. The van der Waals surface area contributed by atoms with Crippen LogP contribution in [-0.2, 0) is 4.74 Å². The van der Waals surface area contributed by atoms with Crippen LogP contribution in [0.5, 0.6) is 5.75 Å². The average Bonchev–Trinajstić information content (AvgIpc) is 2.66. The highest BCUT2D eigenvalue weighted by atomic mass is 16.5. The first kappa shape index (κ1) is 20.2. The predicted molar refractivity (Wildman–Crippen MR) is 107 cm³/mol. The first-order chi connectivity index (χ1) is 12.8. The first-order valence-corrected chi connectivity index (χ1v) is 10.3. The van der Waals surface area contributed by atoms with Crippen molar-refractivity contribution in [2.45, 2.75) is 72.6 Å². The third kappa shape index (κ3) is 3.73. The monoisotopic (exact) mass is 377 g/mol. The van der Waals surface area contributed by atoms with Gasteiger partial charge >= 0.3 is 5.56 Å². The van der Waals surface area contributed by atoms with Gasteiger partial charge in [-0.05, 0) is 48.9 Å². The van der Waals surface area contributed by atoms with E-state index in [2.05, 4.69) is 45.0 Å². The van der Waals surface area contributed by atoms with Gasteiger partial charge in [-0.1, -0.05) is 34.6 Å². The average molecular weight is 378 g/mol. The smallest absolute Gasteiger partial charge is 0.313 e. The lowest BCUT2D eigenvalue weighted by Crippen LogP contribution is -2.48. The van der Waals surface area contributed by atoms with E-state index in [1.807, 2.05) is 0 Å². The van der Waals surface area contributed by atoms with Gasteiger partial charge in [-0.25, -0.2) is 0 Å². The Labute approximate surface area is 162 Å². The van der Waals surface area contributed by atoms with Crippen LogP contribution >= 0.6 is 0 Å². The minimum absolute atomic E-state index is 0.223. The molecule has 0 aromatic carbocycles. The molecule has 1 saturated carbocycles. The van der Waals surface area contributed by atoms with Gasteiger partial charge in [0, 0.05) is 12.6 Å². The fourth-order valence-electron chi connectivity index (χ4n) is 4.64. The van der Waals surface area contributed by atoms with Crippen LogP contribution in [0.4, 0.5) is 5.69 Å². The SMILES string of the molecule is COc1c(N[C@@H]2C[C@H](C)C(C)(C)[C@H](C)[C@H]2C)cnn(C2CCCCO2)c1=O. The zero-order valence-electron chi connectivity index (χ0n) is 17.6. The van der Waals surface area contributed by atoms with E-state index in [0.717, 1.165) is 25.7 Å². The molecule has 1 aromatic heterocycles. The van der Waals surface area contributed by atoms with Crippen molar-refractivity contribution in [3.8, 4) is 5.75 Å². The molecule has 0 radical (unpaired) electrons. The summed E-state index contributed by atoms with van der Waals surface area (Å²) in [6.07, 6.45) is 5.40. The Kier molecular flexibility index (Phi) is 5.84. The molecular formula is C21H35N3O3. The molecule has 152 valence electrons. The van der Waals surface area contributed by atoms with E-state index >= 15 is 0 Å². The summed E-state index contributed by atoms with van der Waals surface area (Å²) in [6, 6.07) is 0.292. The van der Waals surface area contributed by atoms with E-state index in [-0.39, 0.29) is 11.8 Å². The summed E-state index contributed by atoms with van der Waals surface area (Å²) in [4.78, 5) is 12.9. The van der Waals surface area contributed by atoms with Crippen molar-refractivity contribution in [2.75, 3.05) is 19.0 Å². The van der Waals surface area contributed by atoms with Crippen LogP contribution in [0.2, 0.25) is 0 Å². The maximum absolute atomic E-state index is 12.9. The fourth-order valence-corrected chi connectivity index (χ4v) is 4.64. The van der Waals surface area contributed by atoms with Gasteiger partial charge in [0.1, 0.15) is 5.69 Å². The second kappa shape index (κ2) is 7.82.